The number of aliphatic hydroxyl groups is 1. The summed E-state index contributed by atoms with van der Waals surface area (Å²) >= 11 is 1.38. The fourth-order valence-corrected chi connectivity index (χ4v) is 3.73. The van der Waals surface area contributed by atoms with Gasteiger partial charge in [0.15, 0.2) is 11.0 Å². The fraction of sp³-hybridized carbons (Fsp3) is 0.333. The number of thioether (sulfide) groups is 1. The SMILES string of the molecule is C[C@H](Sc1nnc(C2CC2)n1C)/C(O)=C(\C#N)c1nc2ccccc2[nH]1. The van der Waals surface area contributed by atoms with Gasteiger partial charge in [-0.3, -0.25) is 0 Å². The molecule has 1 aliphatic carbocycles. The molecule has 4 rings (SSSR count). The van der Waals surface area contributed by atoms with E-state index in [4.69, 9.17) is 0 Å². The van der Waals surface area contributed by atoms with Gasteiger partial charge in [-0.15, -0.1) is 10.2 Å². The lowest BCUT2D eigenvalue weighted by Crippen LogP contribution is -2.07. The summed E-state index contributed by atoms with van der Waals surface area (Å²) in [6.07, 6.45) is 2.31. The molecule has 1 aromatic carbocycles. The van der Waals surface area contributed by atoms with E-state index in [0.717, 1.165) is 34.9 Å². The van der Waals surface area contributed by atoms with Crippen molar-refractivity contribution < 1.29 is 5.11 Å². The number of aliphatic hydroxyl groups excluding tert-OH is 1. The van der Waals surface area contributed by atoms with Gasteiger partial charge in [0, 0.05) is 13.0 Å². The zero-order chi connectivity index (χ0) is 18.3. The van der Waals surface area contributed by atoms with Crippen molar-refractivity contribution in [1.82, 2.24) is 24.7 Å². The quantitative estimate of drug-likeness (QED) is 0.407. The number of allylic oxidation sites excluding steroid dienone is 1. The number of benzene rings is 1. The van der Waals surface area contributed by atoms with E-state index < -0.39 is 0 Å². The second-order valence-corrected chi connectivity index (χ2v) is 7.72. The standard InChI is InChI=1S/C18H18N6OS/c1-10(26-18-23-22-17(24(18)2)11-7-8-11)15(25)12(9-19)16-20-13-5-3-4-6-14(13)21-16/h3-6,10-11,25H,7-8H2,1-2H3,(H,20,21)/b15-12-/t10-/m0/s1. The maximum atomic E-state index is 10.7. The maximum Gasteiger partial charge on any atom is 0.191 e. The number of nitrogens with one attached hydrogen (secondary N) is 1. The van der Waals surface area contributed by atoms with Crippen molar-refractivity contribution in [3.63, 3.8) is 0 Å². The summed E-state index contributed by atoms with van der Waals surface area (Å²) in [5.41, 5.74) is 1.72. The number of aromatic nitrogens is 5. The minimum absolute atomic E-state index is 0.0208. The molecule has 2 aromatic heterocycles. The Morgan fingerprint density at radius 3 is 2.85 bits per heavy atom. The third-order valence-electron chi connectivity index (χ3n) is 4.47. The molecule has 0 aliphatic heterocycles. The van der Waals surface area contributed by atoms with E-state index in [1.807, 2.05) is 42.8 Å². The van der Waals surface area contributed by atoms with Crippen LogP contribution >= 0.6 is 11.8 Å². The zero-order valence-electron chi connectivity index (χ0n) is 14.5. The van der Waals surface area contributed by atoms with Crippen LogP contribution in [0.3, 0.4) is 0 Å². The Kier molecular flexibility index (Phi) is 4.17. The average Bonchev–Trinajstić information content (AvgIpc) is 3.29. The minimum Gasteiger partial charge on any atom is -0.510 e. The van der Waals surface area contributed by atoms with Gasteiger partial charge in [0.25, 0.3) is 0 Å². The number of nitriles is 1. The Morgan fingerprint density at radius 2 is 2.15 bits per heavy atom. The number of hydrogen-bond acceptors (Lipinski definition) is 6. The lowest BCUT2D eigenvalue weighted by molar-refractivity contribution is 0.401. The van der Waals surface area contributed by atoms with E-state index in [9.17, 15) is 10.4 Å². The molecule has 26 heavy (non-hydrogen) atoms. The topological polar surface area (TPSA) is 103 Å². The second kappa shape index (κ2) is 6.50. The van der Waals surface area contributed by atoms with Crippen LogP contribution in [0.1, 0.15) is 37.3 Å². The molecule has 7 nitrogen and oxygen atoms in total. The van der Waals surface area contributed by atoms with Crippen LogP contribution < -0.4 is 0 Å². The predicted octanol–water partition coefficient (Wildman–Crippen LogP) is 3.54. The van der Waals surface area contributed by atoms with Crippen molar-refractivity contribution >= 4 is 28.4 Å². The Labute approximate surface area is 154 Å². The normalized spacial score (nSPS) is 16.3. The highest BCUT2D eigenvalue weighted by atomic mass is 32.2. The highest BCUT2D eigenvalue weighted by Gasteiger charge is 2.30. The van der Waals surface area contributed by atoms with Gasteiger partial charge in [0.2, 0.25) is 0 Å². The molecule has 1 aliphatic rings. The Morgan fingerprint density at radius 1 is 1.38 bits per heavy atom. The van der Waals surface area contributed by atoms with Crippen LogP contribution in [-0.4, -0.2) is 35.1 Å². The summed E-state index contributed by atoms with van der Waals surface area (Å²) in [6.45, 7) is 1.84. The molecule has 0 unspecified atom stereocenters. The summed E-state index contributed by atoms with van der Waals surface area (Å²) in [5, 5.41) is 29.1. The van der Waals surface area contributed by atoms with Gasteiger partial charge in [-0.05, 0) is 31.9 Å². The number of fused-ring (bicyclic) bond motifs is 1. The molecular weight excluding hydrogens is 348 g/mol. The molecule has 1 fully saturated rings. The molecule has 1 atom stereocenters. The van der Waals surface area contributed by atoms with Crippen LogP contribution in [0.4, 0.5) is 0 Å². The van der Waals surface area contributed by atoms with E-state index >= 15 is 0 Å². The summed E-state index contributed by atoms with van der Waals surface area (Å²) in [6, 6.07) is 9.59. The summed E-state index contributed by atoms with van der Waals surface area (Å²) in [4.78, 5) is 7.50. The Bertz CT molecular complexity index is 1010. The molecule has 132 valence electrons. The molecule has 0 spiro atoms. The number of aromatic amines is 1. The van der Waals surface area contributed by atoms with Gasteiger partial charge in [0.1, 0.15) is 23.2 Å². The third-order valence-corrected chi connectivity index (χ3v) is 5.62. The van der Waals surface area contributed by atoms with Gasteiger partial charge < -0.3 is 14.7 Å². The maximum absolute atomic E-state index is 10.7. The molecule has 1 saturated carbocycles. The number of H-pyrrole nitrogens is 1. The molecule has 3 aromatic rings. The van der Waals surface area contributed by atoms with E-state index in [1.165, 1.54) is 11.8 Å². The number of hydrogen-bond donors (Lipinski definition) is 2. The van der Waals surface area contributed by atoms with Crippen molar-refractivity contribution in [2.45, 2.75) is 36.1 Å². The van der Waals surface area contributed by atoms with Gasteiger partial charge in [0.05, 0.1) is 16.3 Å². The van der Waals surface area contributed by atoms with Crippen molar-refractivity contribution in [1.29, 1.82) is 5.26 Å². The Balaban J connectivity index is 1.62. The van der Waals surface area contributed by atoms with Crippen LogP contribution in [0.5, 0.6) is 0 Å². The van der Waals surface area contributed by atoms with Crippen LogP contribution in [0.2, 0.25) is 0 Å². The smallest absolute Gasteiger partial charge is 0.191 e. The highest BCUT2D eigenvalue weighted by molar-refractivity contribution is 7.99. The van der Waals surface area contributed by atoms with Gasteiger partial charge in [-0.1, -0.05) is 23.9 Å². The van der Waals surface area contributed by atoms with Crippen molar-refractivity contribution in [2.75, 3.05) is 0 Å². The van der Waals surface area contributed by atoms with Gasteiger partial charge in [-0.25, -0.2) is 4.98 Å². The molecule has 2 heterocycles. The molecular formula is C18H18N6OS. The largest absolute Gasteiger partial charge is 0.510 e. The molecule has 0 radical (unpaired) electrons. The average molecular weight is 366 g/mol. The van der Waals surface area contributed by atoms with E-state index in [1.54, 1.807) is 0 Å². The summed E-state index contributed by atoms with van der Waals surface area (Å²) < 4.78 is 1.97. The first-order chi connectivity index (χ1) is 12.6. The minimum atomic E-state index is -0.354. The summed E-state index contributed by atoms with van der Waals surface area (Å²) in [7, 11) is 1.94. The van der Waals surface area contributed by atoms with Gasteiger partial charge >= 0.3 is 0 Å². The lowest BCUT2D eigenvalue weighted by atomic mass is 10.2. The van der Waals surface area contributed by atoms with Crippen LogP contribution in [0.15, 0.2) is 35.2 Å². The van der Waals surface area contributed by atoms with Crippen LogP contribution in [0.25, 0.3) is 16.6 Å². The first-order valence-electron chi connectivity index (χ1n) is 8.42. The van der Waals surface area contributed by atoms with E-state index in [-0.39, 0.29) is 16.6 Å². The third kappa shape index (κ3) is 2.95. The van der Waals surface area contributed by atoms with Crippen molar-refractivity contribution in [3.05, 3.63) is 41.7 Å². The fourth-order valence-electron chi connectivity index (χ4n) is 2.85. The molecule has 0 bridgehead atoms. The van der Waals surface area contributed by atoms with Gasteiger partial charge in [-0.2, -0.15) is 5.26 Å². The molecule has 8 heteroatoms. The van der Waals surface area contributed by atoms with E-state index in [0.29, 0.717) is 11.7 Å². The first kappa shape index (κ1) is 16.7. The second-order valence-electron chi connectivity index (χ2n) is 6.41. The van der Waals surface area contributed by atoms with Crippen LogP contribution in [0, 0.1) is 11.3 Å². The monoisotopic (exact) mass is 366 g/mol. The number of imidazole rings is 1. The predicted molar refractivity (Wildman–Crippen MR) is 99.6 cm³/mol. The molecule has 2 N–H and O–H groups in total. The molecule has 0 amide bonds. The van der Waals surface area contributed by atoms with Crippen molar-refractivity contribution in [3.8, 4) is 6.07 Å². The van der Waals surface area contributed by atoms with E-state index in [2.05, 4.69) is 26.2 Å². The number of nitrogens with zero attached hydrogens (tertiary/aromatic N) is 5. The number of rotatable bonds is 5. The van der Waals surface area contributed by atoms with Crippen LogP contribution in [-0.2, 0) is 7.05 Å². The lowest BCUT2D eigenvalue weighted by Gasteiger charge is -2.11. The zero-order valence-corrected chi connectivity index (χ0v) is 15.3. The highest BCUT2D eigenvalue weighted by Crippen LogP contribution is 2.40. The Hall–Kier alpha value is -2.79. The number of para-hydroxylation sites is 2. The molecule has 0 saturated heterocycles. The van der Waals surface area contributed by atoms with Crippen molar-refractivity contribution in [2.24, 2.45) is 7.05 Å². The summed E-state index contributed by atoms with van der Waals surface area (Å²) in [5.74, 6) is 1.84. The first-order valence-corrected chi connectivity index (χ1v) is 9.30.